The molecule has 2 nitrogen and oxygen atoms in total. The highest BCUT2D eigenvalue weighted by Gasteiger charge is 2.24. The molecule has 2 fully saturated rings. The fraction of sp³-hybridized carbons (Fsp3) is 0.625. The van der Waals surface area contributed by atoms with Gasteiger partial charge in [0.2, 0.25) is 0 Å². The predicted molar refractivity (Wildman–Crippen MR) is 76.0 cm³/mol. The Hall–Kier alpha value is -0.860. The SMILES string of the molecule is CN1CC(c2ccc(CC3CCNCC3)cc2)C1. The van der Waals surface area contributed by atoms with Crippen molar-refractivity contribution in [2.75, 3.05) is 33.2 Å². The lowest BCUT2D eigenvalue weighted by atomic mass is 9.88. The summed E-state index contributed by atoms with van der Waals surface area (Å²) in [5, 5.41) is 3.44. The number of nitrogens with one attached hydrogen (secondary N) is 1. The van der Waals surface area contributed by atoms with E-state index < -0.39 is 0 Å². The van der Waals surface area contributed by atoms with E-state index in [4.69, 9.17) is 0 Å². The molecule has 0 saturated carbocycles. The van der Waals surface area contributed by atoms with E-state index in [0.29, 0.717) is 0 Å². The van der Waals surface area contributed by atoms with Gasteiger partial charge in [0.15, 0.2) is 0 Å². The van der Waals surface area contributed by atoms with Gasteiger partial charge < -0.3 is 10.2 Å². The maximum Gasteiger partial charge on any atom is 0.00933 e. The fourth-order valence-electron chi connectivity index (χ4n) is 3.25. The highest BCUT2D eigenvalue weighted by Crippen LogP contribution is 2.26. The van der Waals surface area contributed by atoms with Gasteiger partial charge in [-0.05, 0) is 56.4 Å². The van der Waals surface area contributed by atoms with Crippen LogP contribution in [0.3, 0.4) is 0 Å². The number of nitrogens with zero attached hydrogens (tertiary/aromatic N) is 1. The van der Waals surface area contributed by atoms with E-state index in [-0.39, 0.29) is 0 Å². The van der Waals surface area contributed by atoms with Gasteiger partial charge in [0, 0.05) is 19.0 Å². The Morgan fingerprint density at radius 1 is 1.11 bits per heavy atom. The summed E-state index contributed by atoms with van der Waals surface area (Å²) in [5.74, 6) is 1.68. The predicted octanol–water partition coefficient (Wildman–Crippen LogP) is 2.26. The standard InChI is InChI=1S/C16H24N2/c1-18-11-16(12-18)15-4-2-13(3-5-15)10-14-6-8-17-9-7-14/h2-5,14,16-17H,6-12H2,1H3. The molecule has 1 aromatic rings. The van der Waals surface area contributed by atoms with Crippen molar-refractivity contribution >= 4 is 0 Å². The molecule has 1 N–H and O–H groups in total. The van der Waals surface area contributed by atoms with E-state index in [0.717, 1.165) is 11.8 Å². The van der Waals surface area contributed by atoms with Gasteiger partial charge in [0.25, 0.3) is 0 Å². The Kier molecular flexibility index (Phi) is 3.67. The van der Waals surface area contributed by atoms with Gasteiger partial charge in [0.1, 0.15) is 0 Å². The molecule has 0 amide bonds. The topological polar surface area (TPSA) is 15.3 Å². The average molecular weight is 244 g/mol. The molecule has 0 unspecified atom stereocenters. The first-order valence-electron chi connectivity index (χ1n) is 7.29. The minimum atomic E-state index is 0.780. The number of likely N-dealkylation sites (N-methyl/N-ethyl adjacent to an activating group) is 1. The summed E-state index contributed by atoms with van der Waals surface area (Å²) in [5.41, 5.74) is 3.06. The maximum atomic E-state index is 3.44. The van der Waals surface area contributed by atoms with Crippen LogP contribution < -0.4 is 5.32 Å². The van der Waals surface area contributed by atoms with Crippen LogP contribution in [0.5, 0.6) is 0 Å². The highest BCUT2D eigenvalue weighted by molar-refractivity contribution is 5.27. The third kappa shape index (κ3) is 2.76. The van der Waals surface area contributed by atoms with Crippen LogP contribution in [0.25, 0.3) is 0 Å². The molecule has 2 heterocycles. The number of hydrogen-bond donors (Lipinski definition) is 1. The second-order valence-electron chi connectivity index (χ2n) is 6.06. The lowest BCUT2D eigenvalue weighted by molar-refractivity contribution is 0.190. The van der Waals surface area contributed by atoms with Crippen molar-refractivity contribution in [2.45, 2.75) is 25.2 Å². The van der Waals surface area contributed by atoms with Crippen LogP contribution in [0.1, 0.15) is 29.9 Å². The van der Waals surface area contributed by atoms with E-state index in [9.17, 15) is 0 Å². The molecule has 2 saturated heterocycles. The maximum absolute atomic E-state index is 3.44. The summed E-state index contributed by atoms with van der Waals surface area (Å²) in [4.78, 5) is 2.38. The van der Waals surface area contributed by atoms with Crippen molar-refractivity contribution in [1.82, 2.24) is 10.2 Å². The highest BCUT2D eigenvalue weighted by atomic mass is 15.2. The Bertz CT molecular complexity index is 373. The van der Waals surface area contributed by atoms with Gasteiger partial charge in [-0.3, -0.25) is 0 Å². The molecule has 0 atom stereocenters. The number of piperidine rings is 1. The monoisotopic (exact) mass is 244 g/mol. The van der Waals surface area contributed by atoms with E-state index in [2.05, 4.69) is 41.5 Å². The van der Waals surface area contributed by atoms with E-state index in [1.807, 2.05) is 0 Å². The molecule has 2 aliphatic heterocycles. The number of likely N-dealkylation sites (tertiary alicyclic amines) is 1. The first-order chi connectivity index (χ1) is 8.81. The van der Waals surface area contributed by atoms with Gasteiger partial charge in [-0.1, -0.05) is 24.3 Å². The van der Waals surface area contributed by atoms with Crippen LogP contribution in [-0.2, 0) is 6.42 Å². The van der Waals surface area contributed by atoms with Gasteiger partial charge in [-0.2, -0.15) is 0 Å². The molecule has 0 aromatic heterocycles. The zero-order chi connectivity index (χ0) is 12.4. The van der Waals surface area contributed by atoms with Crippen LogP contribution in [0.15, 0.2) is 24.3 Å². The second-order valence-corrected chi connectivity index (χ2v) is 6.06. The molecule has 3 rings (SSSR count). The zero-order valence-electron chi connectivity index (χ0n) is 11.4. The summed E-state index contributed by atoms with van der Waals surface area (Å²) >= 11 is 0. The fourth-order valence-corrected chi connectivity index (χ4v) is 3.25. The first-order valence-corrected chi connectivity index (χ1v) is 7.29. The van der Waals surface area contributed by atoms with Gasteiger partial charge in [-0.25, -0.2) is 0 Å². The van der Waals surface area contributed by atoms with Crippen molar-refractivity contribution in [3.8, 4) is 0 Å². The molecular formula is C16H24N2. The summed E-state index contributed by atoms with van der Waals surface area (Å²) in [6.45, 7) is 4.87. The molecule has 98 valence electrons. The summed E-state index contributed by atoms with van der Waals surface area (Å²) in [6.07, 6.45) is 3.96. The van der Waals surface area contributed by atoms with Crippen molar-refractivity contribution in [3.05, 3.63) is 35.4 Å². The summed E-state index contributed by atoms with van der Waals surface area (Å²) < 4.78 is 0. The molecule has 0 spiro atoms. The lowest BCUT2D eigenvalue weighted by Gasteiger charge is -2.36. The van der Waals surface area contributed by atoms with Crippen molar-refractivity contribution in [2.24, 2.45) is 5.92 Å². The minimum Gasteiger partial charge on any atom is -0.317 e. The van der Waals surface area contributed by atoms with Gasteiger partial charge in [0.05, 0.1) is 0 Å². The van der Waals surface area contributed by atoms with Gasteiger partial charge in [-0.15, -0.1) is 0 Å². The average Bonchev–Trinajstić information content (AvgIpc) is 2.38. The van der Waals surface area contributed by atoms with E-state index in [1.54, 1.807) is 0 Å². The molecule has 2 heteroatoms. The quantitative estimate of drug-likeness (QED) is 0.877. The van der Waals surface area contributed by atoms with Crippen LogP contribution in [0.4, 0.5) is 0 Å². The van der Waals surface area contributed by atoms with Crippen molar-refractivity contribution in [1.29, 1.82) is 0 Å². The Balaban J connectivity index is 1.57. The smallest absolute Gasteiger partial charge is 0.00933 e. The Morgan fingerprint density at radius 2 is 1.78 bits per heavy atom. The van der Waals surface area contributed by atoms with Gasteiger partial charge >= 0.3 is 0 Å². The zero-order valence-corrected chi connectivity index (χ0v) is 11.4. The third-order valence-electron chi connectivity index (χ3n) is 4.50. The summed E-state index contributed by atoms with van der Waals surface area (Å²) in [7, 11) is 2.20. The van der Waals surface area contributed by atoms with Crippen LogP contribution in [-0.4, -0.2) is 38.1 Å². The van der Waals surface area contributed by atoms with Crippen LogP contribution in [0, 0.1) is 5.92 Å². The number of benzene rings is 1. The molecule has 0 radical (unpaired) electrons. The molecule has 1 aromatic carbocycles. The molecule has 0 bridgehead atoms. The van der Waals surface area contributed by atoms with E-state index in [1.165, 1.54) is 56.6 Å². The Morgan fingerprint density at radius 3 is 2.39 bits per heavy atom. The lowest BCUT2D eigenvalue weighted by Crippen LogP contribution is -2.41. The van der Waals surface area contributed by atoms with Crippen molar-refractivity contribution in [3.63, 3.8) is 0 Å². The molecule has 0 aliphatic carbocycles. The first kappa shape index (κ1) is 12.2. The normalized spacial score (nSPS) is 22.9. The van der Waals surface area contributed by atoms with Crippen LogP contribution >= 0.6 is 0 Å². The largest absolute Gasteiger partial charge is 0.317 e. The molecular weight excluding hydrogens is 220 g/mol. The number of hydrogen-bond acceptors (Lipinski definition) is 2. The molecule has 2 aliphatic rings. The molecule has 18 heavy (non-hydrogen) atoms. The Labute approximate surface area is 110 Å². The second kappa shape index (κ2) is 5.41. The third-order valence-corrected chi connectivity index (χ3v) is 4.50. The van der Waals surface area contributed by atoms with Crippen molar-refractivity contribution < 1.29 is 0 Å². The van der Waals surface area contributed by atoms with Crippen LogP contribution in [0.2, 0.25) is 0 Å². The number of rotatable bonds is 3. The van der Waals surface area contributed by atoms with E-state index >= 15 is 0 Å². The minimum absolute atomic E-state index is 0.780. The summed E-state index contributed by atoms with van der Waals surface area (Å²) in [6, 6.07) is 9.42.